The van der Waals surface area contributed by atoms with Gasteiger partial charge in [0.2, 0.25) is 0 Å². The van der Waals surface area contributed by atoms with Crippen molar-refractivity contribution in [2.45, 2.75) is 38.8 Å². The van der Waals surface area contributed by atoms with Gasteiger partial charge in [0.1, 0.15) is 5.60 Å². The van der Waals surface area contributed by atoms with Crippen LogP contribution in [0.25, 0.3) is 0 Å². The topological polar surface area (TPSA) is 84.9 Å². The van der Waals surface area contributed by atoms with E-state index in [-0.39, 0.29) is 0 Å². The molecule has 0 saturated heterocycles. The number of rotatable bonds is 3. The minimum absolute atomic E-state index is 0.546. The van der Waals surface area contributed by atoms with E-state index in [9.17, 15) is 9.59 Å². The number of methoxy groups -OCH3 is 1. The van der Waals surface area contributed by atoms with Gasteiger partial charge in [0.15, 0.2) is 5.54 Å². The molecule has 0 aliphatic rings. The summed E-state index contributed by atoms with van der Waals surface area (Å²) in [6.07, 6.45) is -0.885. The summed E-state index contributed by atoms with van der Waals surface area (Å²) >= 11 is 0. The maximum absolute atomic E-state index is 11.5. The summed E-state index contributed by atoms with van der Waals surface area (Å²) in [4.78, 5) is 22.9. The van der Waals surface area contributed by atoms with Crippen LogP contribution in [0.3, 0.4) is 0 Å². The van der Waals surface area contributed by atoms with Crippen molar-refractivity contribution in [1.82, 2.24) is 5.32 Å². The number of amides is 1. The van der Waals surface area contributed by atoms with Crippen molar-refractivity contribution in [3.05, 3.63) is 0 Å². The molecular weight excluding hydrogens is 214 g/mol. The number of ether oxygens (including phenoxy) is 2. The van der Waals surface area contributed by atoms with E-state index in [0.717, 1.165) is 7.11 Å². The first-order valence-corrected chi connectivity index (χ1v) is 4.70. The van der Waals surface area contributed by atoms with Gasteiger partial charge in [0.05, 0.1) is 13.7 Å². The van der Waals surface area contributed by atoms with E-state index in [4.69, 9.17) is 11.2 Å². The second-order valence-corrected chi connectivity index (χ2v) is 4.36. The SMILES string of the molecule is [2H]C[C@@](CO)(NC(=O)OC(C)(C)C)C(=O)OC. The Kier molecular flexibility index (Phi) is 4.12. The lowest BCUT2D eigenvalue weighted by Gasteiger charge is -2.27. The molecule has 0 saturated carbocycles. The smallest absolute Gasteiger partial charge is 0.408 e. The van der Waals surface area contributed by atoms with Crippen LogP contribution in [0.5, 0.6) is 0 Å². The van der Waals surface area contributed by atoms with Crippen molar-refractivity contribution < 1.29 is 25.5 Å². The van der Waals surface area contributed by atoms with Crippen molar-refractivity contribution in [1.29, 1.82) is 0 Å². The summed E-state index contributed by atoms with van der Waals surface area (Å²) in [7, 11) is 1.11. The van der Waals surface area contributed by atoms with E-state index in [0.29, 0.717) is 0 Å². The Labute approximate surface area is 96.3 Å². The molecule has 1 amide bonds. The number of aliphatic hydroxyl groups is 1. The third kappa shape index (κ3) is 4.48. The van der Waals surface area contributed by atoms with E-state index in [1.54, 1.807) is 20.8 Å². The van der Waals surface area contributed by atoms with Crippen LogP contribution in [-0.4, -0.2) is 42.0 Å². The van der Waals surface area contributed by atoms with Crippen LogP contribution in [0.15, 0.2) is 0 Å². The predicted molar refractivity (Wildman–Crippen MR) is 56.9 cm³/mol. The van der Waals surface area contributed by atoms with Gasteiger partial charge in [0, 0.05) is 1.37 Å². The first-order chi connectivity index (χ1) is 7.70. The molecule has 0 aromatic rings. The van der Waals surface area contributed by atoms with Crippen molar-refractivity contribution >= 4 is 12.1 Å². The fraction of sp³-hybridized carbons (Fsp3) is 0.800. The van der Waals surface area contributed by atoms with Crippen LogP contribution in [0.4, 0.5) is 4.79 Å². The Hall–Kier alpha value is -1.30. The zero-order chi connectivity index (χ0) is 13.7. The Morgan fingerprint density at radius 1 is 1.44 bits per heavy atom. The molecule has 0 unspecified atom stereocenters. The zero-order valence-corrected chi connectivity index (χ0v) is 9.99. The number of alkyl carbamates (subject to hydrolysis) is 1. The highest BCUT2D eigenvalue weighted by Crippen LogP contribution is 2.10. The Balaban J connectivity index is 4.77. The number of carbonyl (C=O) groups excluding carboxylic acids is 2. The third-order valence-corrected chi connectivity index (χ3v) is 1.59. The molecular formula is C10H19NO5. The summed E-state index contributed by atoms with van der Waals surface area (Å²) in [6.45, 7) is 3.70. The van der Waals surface area contributed by atoms with Gasteiger partial charge >= 0.3 is 12.1 Å². The molecule has 0 heterocycles. The highest BCUT2D eigenvalue weighted by Gasteiger charge is 2.36. The van der Waals surface area contributed by atoms with E-state index in [1.165, 1.54) is 0 Å². The lowest BCUT2D eigenvalue weighted by molar-refractivity contribution is -0.149. The Bertz CT molecular complexity index is 283. The van der Waals surface area contributed by atoms with E-state index >= 15 is 0 Å². The summed E-state index contributed by atoms with van der Waals surface area (Å²) in [6, 6.07) is 0. The van der Waals surface area contributed by atoms with Crippen LogP contribution >= 0.6 is 0 Å². The lowest BCUT2D eigenvalue weighted by Crippen LogP contribution is -2.56. The summed E-state index contributed by atoms with van der Waals surface area (Å²) < 4.78 is 16.6. The summed E-state index contributed by atoms with van der Waals surface area (Å²) in [5, 5.41) is 11.3. The molecule has 0 aromatic heterocycles. The number of nitrogens with one attached hydrogen (secondary N) is 1. The van der Waals surface area contributed by atoms with Crippen LogP contribution in [0.1, 0.15) is 29.0 Å². The molecule has 1 atom stereocenters. The van der Waals surface area contributed by atoms with Gasteiger partial charge < -0.3 is 19.9 Å². The monoisotopic (exact) mass is 234 g/mol. The van der Waals surface area contributed by atoms with Gasteiger partial charge in [0.25, 0.3) is 0 Å². The highest BCUT2D eigenvalue weighted by molar-refractivity contribution is 5.85. The minimum Gasteiger partial charge on any atom is -0.467 e. The van der Waals surface area contributed by atoms with Gasteiger partial charge in [-0.1, -0.05) is 0 Å². The largest absolute Gasteiger partial charge is 0.467 e. The molecule has 0 aliphatic carbocycles. The molecule has 16 heavy (non-hydrogen) atoms. The average Bonchev–Trinajstić information content (AvgIpc) is 2.22. The molecule has 6 heteroatoms. The standard InChI is InChI=1S/C10H19NO5/c1-9(2,3)16-8(14)11-10(4,6-12)7(13)15-5/h12H,6H2,1-5H3,(H,11,14)/t10-/m0/s1/i4D. The molecule has 0 fully saturated rings. The summed E-state index contributed by atoms with van der Waals surface area (Å²) in [5.74, 6) is -0.888. The van der Waals surface area contributed by atoms with Gasteiger partial charge in [-0.15, -0.1) is 0 Å². The number of esters is 1. The van der Waals surface area contributed by atoms with Crippen LogP contribution in [-0.2, 0) is 14.3 Å². The van der Waals surface area contributed by atoms with Gasteiger partial charge in [-0.05, 0) is 27.7 Å². The molecule has 6 nitrogen and oxygen atoms in total. The molecule has 0 aliphatic heterocycles. The average molecular weight is 234 g/mol. The number of aliphatic hydroxyl groups excluding tert-OH is 1. The van der Waals surface area contributed by atoms with Crippen LogP contribution in [0, 0.1) is 0 Å². The molecule has 0 aromatic carbocycles. The molecule has 0 rings (SSSR count). The summed E-state index contributed by atoms with van der Waals surface area (Å²) in [5.41, 5.74) is -2.51. The van der Waals surface area contributed by atoms with Gasteiger partial charge in [-0.3, -0.25) is 0 Å². The van der Waals surface area contributed by atoms with Crippen LogP contribution < -0.4 is 5.32 Å². The maximum atomic E-state index is 11.5. The molecule has 0 spiro atoms. The number of hydrogen-bond acceptors (Lipinski definition) is 5. The van der Waals surface area contributed by atoms with Gasteiger partial charge in [-0.2, -0.15) is 0 Å². The second-order valence-electron chi connectivity index (χ2n) is 4.36. The highest BCUT2D eigenvalue weighted by atomic mass is 16.6. The van der Waals surface area contributed by atoms with E-state index in [2.05, 4.69) is 10.1 Å². The maximum Gasteiger partial charge on any atom is 0.408 e. The van der Waals surface area contributed by atoms with E-state index < -0.39 is 36.7 Å². The van der Waals surface area contributed by atoms with Gasteiger partial charge in [-0.25, -0.2) is 9.59 Å². The zero-order valence-electron chi connectivity index (χ0n) is 11.0. The van der Waals surface area contributed by atoms with Crippen molar-refractivity contribution in [2.75, 3.05) is 13.7 Å². The quantitative estimate of drug-likeness (QED) is 0.692. The normalized spacial score (nSPS) is 15.7. The Morgan fingerprint density at radius 2 is 2.00 bits per heavy atom. The lowest BCUT2D eigenvalue weighted by atomic mass is 10.1. The third-order valence-electron chi connectivity index (χ3n) is 1.59. The fourth-order valence-corrected chi connectivity index (χ4v) is 0.849. The van der Waals surface area contributed by atoms with Crippen molar-refractivity contribution in [2.24, 2.45) is 0 Å². The molecule has 2 N–H and O–H groups in total. The van der Waals surface area contributed by atoms with E-state index in [1.807, 2.05) is 0 Å². The molecule has 0 bridgehead atoms. The Morgan fingerprint density at radius 3 is 2.31 bits per heavy atom. The number of carbonyl (C=O) groups is 2. The van der Waals surface area contributed by atoms with Crippen molar-refractivity contribution in [3.63, 3.8) is 0 Å². The fourth-order valence-electron chi connectivity index (χ4n) is 0.849. The first kappa shape index (κ1) is 12.8. The molecule has 94 valence electrons. The van der Waals surface area contributed by atoms with Crippen LogP contribution in [0.2, 0.25) is 0 Å². The first-order valence-electron chi connectivity index (χ1n) is 5.41. The minimum atomic E-state index is -1.78. The predicted octanol–water partition coefficient (Wildman–Crippen LogP) is 0.435. The second kappa shape index (κ2) is 5.16. The molecule has 0 radical (unpaired) electrons. The number of hydrogen-bond donors (Lipinski definition) is 2. The van der Waals surface area contributed by atoms with Crippen molar-refractivity contribution in [3.8, 4) is 0 Å².